The van der Waals surface area contributed by atoms with Crippen molar-refractivity contribution in [1.29, 1.82) is 0 Å². The molecule has 1 rings (SSSR count). The van der Waals surface area contributed by atoms with Gasteiger partial charge in [-0.2, -0.15) is 13.2 Å². The topological polar surface area (TPSA) is 29.1 Å². The maximum absolute atomic E-state index is 12.0. The van der Waals surface area contributed by atoms with Crippen LogP contribution in [-0.4, -0.2) is 18.1 Å². The molecule has 0 bridgehead atoms. The summed E-state index contributed by atoms with van der Waals surface area (Å²) >= 11 is 0. The Hall–Kier alpha value is -1.96. The van der Waals surface area contributed by atoms with E-state index in [1.807, 2.05) is 0 Å². The summed E-state index contributed by atoms with van der Waals surface area (Å²) in [6.07, 6.45) is 0.335. The average molecular weight is 241 g/mol. The van der Waals surface area contributed by atoms with Crippen molar-refractivity contribution in [1.82, 2.24) is 5.32 Å². The monoisotopic (exact) mass is 241 g/mol. The first kappa shape index (κ1) is 13.1. The SMILES string of the molecule is C#C[C@H](Cc1ccccc1)NC(=O)C(F)(F)F. The average Bonchev–Trinajstić information content (AvgIpc) is 2.28. The van der Waals surface area contributed by atoms with E-state index in [0.29, 0.717) is 0 Å². The minimum atomic E-state index is -4.91. The molecule has 0 unspecified atom stereocenters. The highest BCUT2D eigenvalue weighted by Gasteiger charge is 2.39. The fraction of sp³-hybridized carbons (Fsp3) is 0.250. The number of carbonyl (C=O) groups excluding carboxylic acids is 1. The highest BCUT2D eigenvalue weighted by Crippen LogP contribution is 2.15. The van der Waals surface area contributed by atoms with E-state index >= 15 is 0 Å². The van der Waals surface area contributed by atoms with Crippen molar-refractivity contribution in [2.75, 3.05) is 0 Å². The van der Waals surface area contributed by atoms with E-state index in [0.717, 1.165) is 5.56 Å². The number of amides is 1. The molecule has 1 aromatic rings. The lowest BCUT2D eigenvalue weighted by molar-refractivity contribution is -0.174. The van der Waals surface area contributed by atoms with Crippen molar-refractivity contribution in [2.24, 2.45) is 0 Å². The van der Waals surface area contributed by atoms with Crippen LogP contribution in [0.2, 0.25) is 0 Å². The van der Waals surface area contributed by atoms with Gasteiger partial charge < -0.3 is 5.32 Å². The molecule has 90 valence electrons. The van der Waals surface area contributed by atoms with Gasteiger partial charge in [0.1, 0.15) is 0 Å². The van der Waals surface area contributed by atoms with Gasteiger partial charge in [-0.15, -0.1) is 6.42 Å². The fourth-order valence-corrected chi connectivity index (χ4v) is 1.24. The van der Waals surface area contributed by atoms with Gasteiger partial charge in [-0.05, 0) is 5.56 Å². The summed E-state index contributed by atoms with van der Waals surface area (Å²) in [5.74, 6) is 0.104. The van der Waals surface area contributed by atoms with Crippen LogP contribution in [0.1, 0.15) is 5.56 Å². The number of rotatable bonds is 3. The Morgan fingerprint density at radius 1 is 1.35 bits per heavy atom. The molecular formula is C12H10F3NO. The van der Waals surface area contributed by atoms with Gasteiger partial charge in [-0.1, -0.05) is 36.3 Å². The molecule has 0 saturated carbocycles. The minimum Gasteiger partial charge on any atom is -0.334 e. The lowest BCUT2D eigenvalue weighted by atomic mass is 10.1. The van der Waals surface area contributed by atoms with E-state index in [2.05, 4.69) is 5.92 Å². The van der Waals surface area contributed by atoms with Gasteiger partial charge in [-0.3, -0.25) is 4.79 Å². The Labute approximate surface area is 96.8 Å². The molecule has 1 aromatic carbocycles. The maximum atomic E-state index is 12.0. The summed E-state index contributed by atoms with van der Waals surface area (Å²) < 4.78 is 36.0. The number of nitrogens with one attached hydrogen (secondary N) is 1. The summed E-state index contributed by atoms with van der Waals surface area (Å²) in [6.45, 7) is 0. The van der Waals surface area contributed by atoms with Crippen molar-refractivity contribution in [3.05, 3.63) is 35.9 Å². The van der Waals surface area contributed by atoms with Gasteiger partial charge >= 0.3 is 12.1 Å². The molecule has 0 heterocycles. The Bertz CT molecular complexity index is 420. The molecule has 0 aliphatic heterocycles. The third-order valence-corrected chi connectivity index (χ3v) is 2.05. The zero-order valence-corrected chi connectivity index (χ0v) is 8.79. The summed E-state index contributed by atoms with van der Waals surface area (Å²) in [5, 5.41) is 1.76. The third kappa shape index (κ3) is 4.19. The standard InChI is InChI=1S/C12H10F3NO/c1-2-10(16-11(17)12(13,14)15)8-9-6-4-3-5-7-9/h1,3-7,10H,8H2,(H,16,17)/t10-/m1/s1. The number of alkyl halides is 3. The first-order valence-corrected chi connectivity index (χ1v) is 4.81. The number of terminal acetylenes is 1. The van der Waals surface area contributed by atoms with Crippen LogP contribution in [0.15, 0.2) is 30.3 Å². The quantitative estimate of drug-likeness (QED) is 0.805. The molecule has 1 N–H and O–H groups in total. The Morgan fingerprint density at radius 3 is 2.41 bits per heavy atom. The highest BCUT2D eigenvalue weighted by atomic mass is 19.4. The smallest absolute Gasteiger partial charge is 0.334 e. The molecule has 0 aromatic heterocycles. The van der Waals surface area contributed by atoms with Crippen molar-refractivity contribution >= 4 is 5.91 Å². The molecule has 0 saturated heterocycles. The molecule has 1 amide bonds. The molecule has 0 radical (unpaired) electrons. The summed E-state index contributed by atoms with van der Waals surface area (Å²) in [4.78, 5) is 10.7. The Balaban J connectivity index is 2.63. The second-order valence-corrected chi connectivity index (χ2v) is 3.38. The number of hydrogen-bond donors (Lipinski definition) is 1. The summed E-state index contributed by atoms with van der Waals surface area (Å²) in [7, 11) is 0. The predicted octanol–water partition coefficient (Wildman–Crippen LogP) is 1.91. The van der Waals surface area contributed by atoms with E-state index in [1.165, 1.54) is 0 Å². The van der Waals surface area contributed by atoms with Crippen LogP contribution in [-0.2, 0) is 11.2 Å². The number of hydrogen-bond acceptors (Lipinski definition) is 1. The summed E-state index contributed by atoms with van der Waals surface area (Å²) in [5.41, 5.74) is 0.762. The van der Waals surface area contributed by atoms with Gasteiger partial charge in [0.15, 0.2) is 0 Å². The fourth-order valence-electron chi connectivity index (χ4n) is 1.24. The van der Waals surface area contributed by atoms with Gasteiger partial charge in [0.2, 0.25) is 0 Å². The van der Waals surface area contributed by atoms with Gasteiger partial charge in [0, 0.05) is 6.42 Å². The molecule has 1 atom stereocenters. The number of halogens is 3. The van der Waals surface area contributed by atoms with Crippen LogP contribution in [0.4, 0.5) is 13.2 Å². The van der Waals surface area contributed by atoms with E-state index in [9.17, 15) is 18.0 Å². The van der Waals surface area contributed by atoms with Crippen LogP contribution in [0.3, 0.4) is 0 Å². The molecule has 2 nitrogen and oxygen atoms in total. The molecule has 0 fully saturated rings. The minimum absolute atomic E-state index is 0.166. The van der Waals surface area contributed by atoms with Crippen LogP contribution >= 0.6 is 0 Å². The molecule has 0 aliphatic carbocycles. The summed E-state index contributed by atoms with van der Waals surface area (Å²) in [6, 6.07) is 7.76. The second kappa shape index (κ2) is 5.39. The van der Waals surface area contributed by atoms with Gasteiger partial charge in [0.25, 0.3) is 0 Å². The lowest BCUT2D eigenvalue weighted by Crippen LogP contribution is -2.43. The molecule has 17 heavy (non-hydrogen) atoms. The molecule has 0 spiro atoms. The highest BCUT2D eigenvalue weighted by molar-refractivity contribution is 5.82. The second-order valence-electron chi connectivity index (χ2n) is 3.38. The van der Waals surface area contributed by atoms with Crippen LogP contribution in [0.5, 0.6) is 0 Å². The molecule has 0 aliphatic rings. The van der Waals surface area contributed by atoms with Crippen LogP contribution in [0.25, 0.3) is 0 Å². The predicted molar refractivity (Wildman–Crippen MR) is 57.0 cm³/mol. The van der Waals surface area contributed by atoms with Crippen molar-refractivity contribution in [3.8, 4) is 12.3 Å². The zero-order valence-electron chi connectivity index (χ0n) is 8.79. The Kier molecular flexibility index (Phi) is 4.16. The Morgan fingerprint density at radius 2 is 1.94 bits per heavy atom. The van der Waals surface area contributed by atoms with E-state index < -0.39 is 18.1 Å². The molecule has 5 heteroatoms. The van der Waals surface area contributed by atoms with Crippen molar-refractivity contribution in [2.45, 2.75) is 18.6 Å². The first-order valence-electron chi connectivity index (χ1n) is 4.81. The normalized spacial score (nSPS) is 12.6. The lowest BCUT2D eigenvalue weighted by Gasteiger charge is -2.14. The first-order chi connectivity index (χ1) is 7.93. The van der Waals surface area contributed by atoms with E-state index in [4.69, 9.17) is 6.42 Å². The van der Waals surface area contributed by atoms with Crippen LogP contribution in [0, 0.1) is 12.3 Å². The van der Waals surface area contributed by atoms with Crippen molar-refractivity contribution < 1.29 is 18.0 Å². The number of carbonyl (C=O) groups is 1. The molecular weight excluding hydrogens is 231 g/mol. The van der Waals surface area contributed by atoms with Gasteiger partial charge in [-0.25, -0.2) is 0 Å². The number of benzene rings is 1. The van der Waals surface area contributed by atoms with E-state index in [-0.39, 0.29) is 6.42 Å². The largest absolute Gasteiger partial charge is 0.471 e. The maximum Gasteiger partial charge on any atom is 0.471 e. The third-order valence-electron chi connectivity index (χ3n) is 2.05. The zero-order chi connectivity index (χ0) is 12.9. The van der Waals surface area contributed by atoms with E-state index in [1.54, 1.807) is 35.6 Å². The van der Waals surface area contributed by atoms with Gasteiger partial charge in [0.05, 0.1) is 6.04 Å². The van der Waals surface area contributed by atoms with Crippen LogP contribution < -0.4 is 5.32 Å². The van der Waals surface area contributed by atoms with Crippen molar-refractivity contribution in [3.63, 3.8) is 0 Å².